The first kappa shape index (κ1) is 14.3. The Labute approximate surface area is 113 Å². The normalized spacial score (nSPS) is 23.6. The number of nitrogens with zero attached hydrogens (tertiary/aromatic N) is 1. The zero-order chi connectivity index (χ0) is 13.9. The minimum absolute atomic E-state index is 0.0314. The van der Waals surface area contributed by atoms with E-state index in [0.717, 1.165) is 45.2 Å². The molecule has 0 radical (unpaired) electrons. The third-order valence-corrected chi connectivity index (χ3v) is 4.20. The molecule has 19 heavy (non-hydrogen) atoms. The molecule has 4 N–H and O–H groups in total. The van der Waals surface area contributed by atoms with Crippen molar-refractivity contribution < 1.29 is 14.7 Å². The summed E-state index contributed by atoms with van der Waals surface area (Å²) in [6.45, 7) is 2.05. The Hall–Kier alpha value is -1.14. The smallest absolute Gasteiger partial charge is 0.305 e. The quantitative estimate of drug-likeness (QED) is 0.649. The first-order chi connectivity index (χ1) is 8.99. The summed E-state index contributed by atoms with van der Waals surface area (Å²) in [6, 6.07) is 0.254. The third kappa shape index (κ3) is 3.91. The van der Waals surface area contributed by atoms with Crippen LogP contribution < -0.4 is 11.1 Å². The number of rotatable bonds is 5. The zero-order valence-corrected chi connectivity index (χ0v) is 11.2. The van der Waals surface area contributed by atoms with Gasteiger partial charge in [0.2, 0.25) is 5.91 Å². The van der Waals surface area contributed by atoms with Gasteiger partial charge in [-0.25, -0.2) is 0 Å². The van der Waals surface area contributed by atoms with Gasteiger partial charge in [-0.05, 0) is 32.1 Å². The Morgan fingerprint density at radius 3 is 2.42 bits per heavy atom. The van der Waals surface area contributed by atoms with Crippen LogP contribution in [-0.2, 0) is 9.59 Å². The van der Waals surface area contributed by atoms with Crippen molar-refractivity contribution >= 4 is 11.9 Å². The first-order valence-electron chi connectivity index (χ1n) is 7.00. The molecule has 108 valence electrons. The standard InChI is InChI=1S/C13H23N3O3/c14-10-2-6-16(7-3-10)9-11(17)15-13(4-1-5-13)8-12(18)19/h10H,1-9,14H2,(H,15,17)(H,18,19). The molecule has 1 aliphatic carbocycles. The lowest BCUT2D eigenvalue weighted by atomic mass is 9.74. The van der Waals surface area contributed by atoms with Crippen molar-refractivity contribution in [3.05, 3.63) is 0 Å². The van der Waals surface area contributed by atoms with Gasteiger partial charge in [0, 0.05) is 19.1 Å². The van der Waals surface area contributed by atoms with Gasteiger partial charge < -0.3 is 16.2 Å². The van der Waals surface area contributed by atoms with Crippen LogP contribution in [0.15, 0.2) is 0 Å². The van der Waals surface area contributed by atoms with Crippen molar-refractivity contribution in [3.8, 4) is 0 Å². The number of amides is 1. The molecule has 6 heteroatoms. The molecule has 0 unspecified atom stereocenters. The van der Waals surface area contributed by atoms with Gasteiger partial charge in [0.15, 0.2) is 0 Å². The zero-order valence-electron chi connectivity index (χ0n) is 11.2. The van der Waals surface area contributed by atoms with Crippen LogP contribution in [0.2, 0.25) is 0 Å². The highest BCUT2D eigenvalue weighted by molar-refractivity contribution is 5.80. The number of likely N-dealkylation sites (tertiary alicyclic amines) is 1. The van der Waals surface area contributed by atoms with Crippen LogP contribution in [0.1, 0.15) is 38.5 Å². The summed E-state index contributed by atoms with van der Waals surface area (Å²) in [7, 11) is 0. The van der Waals surface area contributed by atoms with E-state index in [1.165, 1.54) is 0 Å². The lowest BCUT2D eigenvalue weighted by Gasteiger charge is -2.42. The van der Waals surface area contributed by atoms with Crippen LogP contribution in [0, 0.1) is 0 Å². The number of hydrogen-bond acceptors (Lipinski definition) is 4. The van der Waals surface area contributed by atoms with Crippen molar-refractivity contribution in [2.45, 2.75) is 50.1 Å². The van der Waals surface area contributed by atoms with Gasteiger partial charge in [-0.2, -0.15) is 0 Å². The summed E-state index contributed by atoms with van der Waals surface area (Å²) in [5, 5.41) is 11.8. The molecule has 0 aromatic rings. The predicted octanol–water partition coefficient (Wildman–Crippen LogP) is -0.0769. The maximum absolute atomic E-state index is 12.0. The summed E-state index contributed by atoms with van der Waals surface area (Å²) < 4.78 is 0. The predicted molar refractivity (Wildman–Crippen MR) is 70.6 cm³/mol. The molecule has 1 saturated heterocycles. The lowest BCUT2D eigenvalue weighted by Crippen LogP contribution is -2.57. The highest BCUT2D eigenvalue weighted by Crippen LogP contribution is 2.34. The Morgan fingerprint density at radius 2 is 1.95 bits per heavy atom. The van der Waals surface area contributed by atoms with E-state index < -0.39 is 11.5 Å². The number of carboxylic acid groups (broad SMARTS) is 1. The Bertz CT molecular complexity index is 347. The summed E-state index contributed by atoms with van der Waals surface area (Å²) in [4.78, 5) is 24.9. The van der Waals surface area contributed by atoms with Gasteiger partial charge in [0.05, 0.1) is 18.5 Å². The summed E-state index contributed by atoms with van der Waals surface area (Å²) in [5.41, 5.74) is 5.33. The molecule has 0 bridgehead atoms. The van der Waals surface area contributed by atoms with Crippen LogP contribution in [0.25, 0.3) is 0 Å². The lowest BCUT2D eigenvalue weighted by molar-refractivity contribution is -0.140. The van der Waals surface area contributed by atoms with Gasteiger partial charge in [-0.3, -0.25) is 14.5 Å². The fraction of sp³-hybridized carbons (Fsp3) is 0.846. The van der Waals surface area contributed by atoms with E-state index >= 15 is 0 Å². The maximum atomic E-state index is 12.0. The molecule has 0 aromatic carbocycles. The molecular formula is C13H23N3O3. The van der Waals surface area contributed by atoms with E-state index in [9.17, 15) is 9.59 Å². The average molecular weight is 269 g/mol. The van der Waals surface area contributed by atoms with E-state index in [2.05, 4.69) is 10.2 Å². The molecule has 6 nitrogen and oxygen atoms in total. The van der Waals surface area contributed by atoms with E-state index in [4.69, 9.17) is 10.8 Å². The molecule has 1 saturated carbocycles. The summed E-state index contributed by atoms with van der Waals surface area (Å²) in [6.07, 6.45) is 4.42. The topological polar surface area (TPSA) is 95.7 Å². The van der Waals surface area contributed by atoms with E-state index in [0.29, 0.717) is 6.54 Å². The van der Waals surface area contributed by atoms with E-state index in [1.807, 2.05) is 0 Å². The minimum atomic E-state index is -0.844. The number of carbonyl (C=O) groups excluding carboxylic acids is 1. The number of piperidine rings is 1. The van der Waals surface area contributed by atoms with E-state index in [1.54, 1.807) is 0 Å². The summed E-state index contributed by atoms with van der Waals surface area (Å²) in [5.74, 6) is -0.902. The molecule has 1 amide bonds. The largest absolute Gasteiger partial charge is 0.481 e. The second-order valence-electron chi connectivity index (χ2n) is 5.87. The molecule has 2 rings (SSSR count). The second kappa shape index (κ2) is 5.88. The first-order valence-corrected chi connectivity index (χ1v) is 7.00. The van der Waals surface area contributed by atoms with Crippen LogP contribution in [0.5, 0.6) is 0 Å². The Balaban J connectivity index is 1.78. The number of nitrogens with two attached hydrogens (primary N) is 1. The number of carbonyl (C=O) groups is 2. The van der Waals surface area contributed by atoms with Gasteiger partial charge in [-0.15, -0.1) is 0 Å². The number of hydrogen-bond donors (Lipinski definition) is 3. The molecule has 0 aromatic heterocycles. The number of carboxylic acids is 1. The van der Waals surface area contributed by atoms with Crippen LogP contribution >= 0.6 is 0 Å². The monoisotopic (exact) mass is 269 g/mol. The van der Waals surface area contributed by atoms with E-state index in [-0.39, 0.29) is 18.4 Å². The Morgan fingerprint density at radius 1 is 1.32 bits per heavy atom. The van der Waals surface area contributed by atoms with Crippen molar-refractivity contribution in [2.24, 2.45) is 5.73 Å². The van der Waals surface area contributed by atoms with Crippen molar-refractivity contribution in [1.82, 2.24) is 10.2 Å². The number of aliphatic carboxylic acids is 1. The van der Waals surface area contributed by atoms with Crippen LogP contribution in [0.4, 0.5) is 0 Å². The summed E-state index contributed by atoms with van der Waals surface area (Å²) >= 11 is 0. The van der Waals surface area contributed by atoms with Gasteiger partial charge >= 0.3 is 5.97 Å². The van der Waals surface area contributed by atoms with Crippen molar-refractivity contribution in [3.63, 3.8) is 0 Å². The SMILES string of the molecule is NC1CCN(CC(=O)NC2(CC(=O)O)CCC2)CC1. The molecule has 0 atom stereocenters. The van der Waals surface area contributed by atoms with Crippen LogP contribution in [-0.4, -0.2) is 53.1 Å². The fourth-order valence-electron chi connectivity index (χ4n) is 2.89. The van der Waals surface area contributed by atoms with Gasteiger partial charge in [0.25, 0.3) is 0 Å². The molecule has 1 heterocycles. The van der Waals surface area contributed by atoms with Gasteiger partial charge in [-0.1, -0.05) is 0 Å². The highest BCUT2D eigenvalue weighted by Gasteiger charge is 2.40. The fourth-order valence-corrected chi connectivity index (χ4v) is 2.89. The van der Waals surface area contributed by atoms with Crippen molar-refractivity contribution in [2.75, 3.05) is 19.6 Å². The number of nitrogens with one attached hydrogen (secondary N) is 1. The van der Waals surface area contributed by atoms with Crippen LogP contribution in [0.3, 0.4) is 0 Å². The average Bonchev–Trinajstić information content (AvgIpc) is 2.28. The molecular weight excluding hydrogens is 246 g/mol. The maximum Gasteiger partial charge on any atom is 0.305 e. The second-order valence-corrected chi connectivity index (χ2v) is 5.87. The highest BCUT2D eigenvalue weighted by atomic mass is 16.4. The Kier molecular flexibility index (Phi) is 4.42. The molecule has 2 fully saturated rings. The minimum Gasteiger partial charge on any atom is -0.481 e. The van der Waals surface area contributed by atoms with Crippen molar-refractivity contribution in [1.29, 1.82) is 0 Å². The molecule has 0 spiro atoms. The van der Waals surface area contributed by atoms with Gasteiger partial charge in [0.1, 0.15) is 0 Å². The third-order valence-electron chi connectivity index (χ3n) is 4.20. The molecule has 1 aliphatic heterocycles. The molecule has 2 aliphatic rings.